The largest absolute Gasteiger partial charge is 0.444 e. The molecule has 1 aromatic carbocycles. The zero-order chi connectivity index (χ0) is 22.9. The number of ether oxygens (including phenoxy) is 1. The van der Waals surface area contributed by atoms with Crippen LogP contribution in [-0.2, 0) is 14.3 Å². The molecule has 1 unspecified atom stereocenters. The standard InChI is InChI=1S/C23H33N3O5/c1-23(2,3)31-22(30)25-14-13-24-21(29)18-10-7-15-26(16-18)20(28)12-11-19(27)17-8-5-4-6-9-17/h4-6,8-9,18H,7,10-16H2,1-3H3,(H,24,29)(H,25,30). The summed E-state index contributed by atoms with van der Waals surface area (Å²) in [4.78, 5) is 50.5. The molecular formula is C23H33N3O5. The van der Waals surface area contributed by atoms with E-state index in [1.807, 2.05) is 6.07 Å². The Hall–Kier alpha value is -2.90. The lowest BCUT2D eigenvalue weighted by atomic mass is 9.96. The summed E-state index contributed by atoms with van der Waals surface area (Å²) in [5, 5.41) is 5.39. The van der Waals surface area contributed by atoms with Gasteiger partial charge >= 0.3 is 6.09 Å². The summed E-state index contributed by atoms with van der Waals surface area (Å²) < 4.78 is 5.14. The van der Waals surface area contributed by atoms with Crippen molar-refractivity contribution >= 4 is 23.7 Å². The number of piperidine rings is 1. The van der Waals surface area contributed by atoms with E-state index in [1.165, 1.54) is 0 Å². The fraction of sp³-hybridized carbons (Fsp3) is 0.565. The highest BCUT2D eigenvalue weighted by molar-refractivity contribution is 5.98. The molecule has 8 nitrogen and oxygen atoms in total. The summed E-state index contributed by atoms with van der Waals surface area (Å²) in [6, 6.07) is 8.92. The molecule has 1 aliphatic rings. The molecule has 3 amide bonds. The topological polar surface area (TPSA) is 105 Å². The lowest BCUT2D eigenvalue weighted by molar-refractivity contribution is -0.135. The van der Waals surface area contributed by atoms with Gasteiger partial charge in [0.1, 0.15) is 5.60 Å². The monoisotopic (exact) mass is 431 g/mol. The van der Waals surface area contributed by atoms with E-state index in [4.69, 9.17) is 4.74 Å². The molecule has 1 atom stereocenters. The first kappa shape index (κ1) is 24.4. The maximum Gasteiger partial charge on any atom is 0.407 e. The van der Waals surface area contributed by atoms with Gasteiger partial charge in [0.25, 0.3) is 0 Å². The van der Waals surface area contributed by atoms with Crippen molar-refractivity contribution in [2.45, 2.75) is 52.1 Å². The number of amides is 3. The van der Waals surface area contributed by atoms with E-state index in [9.17, 15) is 19.2 Å². The number of ketones is 1. The molecule has 2 rings (SSSR count). The smallest absolute Gasteiger partial charge is 0.407 e. The third-order valence-electron chi connectivity index (χ3n) is 4.90. The Morgan fingerprint density at radius 3 is 2.39 bits per heavy atom. The van der Waals surface area contributed by atoms with Crippen LogP contribution in [0.2, 0.25) is 0 Å². The number of carbonyl (C=O) groups excluding carboxylic acids is 4. The van der Waals surface area contributed by atoms with Gasteiger partial charge in [0.05, 0.1) is 5.92 Å². The van der Waals surface area contributed by atoms with Gasteiger partial charge in [0, 0.05) is 44.6 Å². The van der Waals surface area contributed by atoms with Crippen molar-refractivity contribution in [1.29, 1.82) is 0 Å². The predicted molar refractivity (Wildman–Crippen MR) is 117 cm³/mol. The van der Waals surface area contributed by atoms with Gasteiger partial charge in [-0.2, -0.15) is 0 Å². The van der Waals surface area contributed by atoms with Crippen LogP contribution < -0.4 is 10.6 Å². The fourth-order valence-corrected chi connectivity index (χ4v) is 3.37. The molecule has 0 aliphatic carbocycles. The quantitative estimate of drug-likeness (QED) is 0.486. The molecular weight excluding hydrogens is 398 g/mol. The molecule has 31 heavy (non-hydrogen) atoms. The number of hydrogen-bond donors (Lipinski definition) is 2. The number of rotatable bonds is 8. The van der Waals surface area contributed by atoms with Gasteiger partial charge in [0.15, 0.2) is 5.78 Å². The number of hydrogen-bond acceptors (Lipinski definition) is 5. The number of carbonyl (C=O) groups is 4. The van der Waals surface area contributed by atoms with Crippen LogP contribution in [0, 0.1) is 5.92 Å². The number of likely N-dealkylation sites (tertiary alicyclic amines) is 1. The molecule has 0 aromatic heterocycles. The predicted octanol–water partition coefficient (Wildman–Crippen LogP) is 2.53. The van der Waals surface area contributed by atoms with Crippen LogP contribution in [0.1, 0.15) is 56.8 Å². The minimum absolute atomic E-state index is 0.0576. The third-order valence-corrected chi connectivity index (χ3v) is 4.90. The summed E-state index contributed by atoms with van der Waals surface area (Å²) in [5.41, 5.74) is 0.0307. The molecule has 8 heteroatoms. The van der Waals surface area contributed by atoms with E-state index in [1.54, 1.807) is 49.9 Å². The van der Waals surface area contributed by atoms with E-state index in [2.05, 4.69) is 10.6 Å². The van der Waals surface area contributed by atoms with Gasteiger partial charge in [-0.3, -0.25) is 14.4 Å². The Morgan fingerprint density at radius 2 is 1.71 bits per heavy atom. The first-order valence-corrected chi connectivity index (χ1v) is 10.8. The molecule has 1 heterocycles. The first-order chi connectivity index (χ1) is 14.7. The molecule has 0 radical (unpaired) electrons. The first-order valence-electron chi connectivity index (χ1n) is 10.8. The second-order valence-corrected chi connectivity index (χ2v) is 8.69. The summed E-state index contributed by atoms with van der Waals surface area (Å²) >= 11 is 0. The van der Waals surface area contributed by atoms with Gasteiger partial charge in [-0.15, -0.1) is 0 Å². The van der Waals surface area contributed by atoms with Crippen molar-refractivity contribution in [3.05, 3.63) is 35.9 Å². The van der Waals surface area contributed by atoms with Crippen LogP contribution in [0.5, 0.6) is 0 Å². The van der Waals surface area contributed by atoms with Gasteiger partial charge < -0.3 is 20.3 Å². The zero-order valence-electron chi connectivity index (χ0n) is 18.6. The molecule has 1 fully saturated rings. The van der Waals surface area contributed by atoms with Crippen molar-refractivity contribution in [3.63, 3.8) is 0 Å². The Bertz CT molecular complexity index is 773. The maximum absolute atomic E-state index is 12.5. The van der Waals surface area contributed by atoms with Gasteiger partial charge in [0.2, 0.25) is 11.8 Å². The normalized spacial score (nSPS) is 16.4. The van der Waals surface area contributed by atoms with Crippen molar-refractivity contribution in [1.82, 2.24) is 15.5 Å². The fourth-order valence-electron chi connectivity index (χ4n) is 3.37. The zero-order valence-corrected chi connectivity index (χ0v) is 18.6. The summed E-state index contributed by atoms with van der Waals surface area (Å²) in [7, 11) is 0. The van der Waals surface area contributed by atoms with Gasteiger partial charge in [-0.05, 0) is 33.6 Å². The number of nitrogens with one attached hydrogen (secondary N) is 2. The molecule has 1 saturated heterocycles. The maximum atomic E-state index is 12.5. The van der Waals surface area contributed by atoms with Crippen molar-refractivity contribution in [2.24, 2.45) is 5.92 Å². The van der Waals surface area contributed by atoms with Crippen LogP contribution in [-0.4, -0.2) is 60.4 Å². The Labute approximate surface area is 183 Å². The molecule has 1 aliphatic heterocycles. The highest BCUT2D eigenvalue weighted by atomic mass is 16.6. The number of alkyl carbamates (subject to hydrolysis) is 1. The lowest BCUT2D eigenvalue weighted by Gasteiger charge is -2.32. The lowest BCUT2D eigenvalue weighted by Crippen LogP contribution is -2.46. The Kier molecular flexibility index (Phi) is 9.03. The van der Waals surface area contributed by atoms with Crippen molar-refractivity contribution < 1.29 is 23.9 Å². The second kappa shape index (κ2) is 11.5. The van der Waals surface area contributed by atoms with Crippen LogP contribution in [0.4, 0.5) is 4.79 Å². The van der Waals surface area contributed by atoms with Crippen LogP contribution in [0.25, 0.3) is 0 Å². The van der Waals surface area contributed by atoms with E-state index < -0.39 is 11.7 Å². The highest BCUT2D eigenvalue weighted by Gasteiger charge is 2.28. The van der Waals surface area contributed by atoms with Gasteiger partial charge in [-0.1, -0.05) is 30.3 Å². The third kappa shape index (κ3) is 8.78. The van der Waals surface area contributed by atoms with Crippen LogP contribution in [0.3, 0.4) is 0 Å². The average Bonchev–Trinajstić information content (AvgIpc) is 2.74. The number of benzene rings is 1. The van der Waals surface area contributed by atoms with E-state index >= 15 is 0 Å². The minimum Gasteiger partial charge on any atom is -0.444 e. The van der Waals surface area contributed by atoms with E-state index in [0.717, 1.165) is 6.42 Å². The van der Waals surface area contributed by atoms with Gasteiger partial charge in [-0.25, -0.2) is 4.79 Å². The van der Waals surface area contributed by atoms with Crippen LogP contribution >= 0.6 is 0 Å². The minimum atomic E-state index is -0.572. The molecule has 0 spiro atoms. The van der Waals surface area contributed by atoms with E-state index in [-0.39, 0.29) is 49.4 Å². The molecule has 170 valence electrons. The number of nitrogens with zero attached hydrogens (tertiary/aromatic N) is 1. The molecule has 2 N–H and O–H groups in total. The second-order valence-electron chi connectivity index (χ2n) is 8.69. The average molecular weight is 432 g/mol. The highest BCUT2D eigenvalue weighted by Crippen LogP contribution is 2.18. The van der Waals surface area contributed by atoms with Crippen molar-refractivity contribution in [3.8, 4) is 0 Å². The Morgan fingerprint density at radius 1 is 1.03 bits per heavy atom. The molecule has 0 saturated carbocycles. The van der Waals surface area contributed by atoms with E-state index in [0.29, 0.717) is 25.1 Å². The number of Topliss-reactive ketones (excluding diaryl/α,β-unsaturated/α-hetero) is 1. The molecule has 1 aromatic rings. The van der Waals surface area contributed by atoms with Crippen LogP contribution in [0.15, 0.2) is 30.3 Å². The SMILES string of the molecule is CC(C)(C)OC(=O)NCCNC(=O)C1CCCN(C(=O)CCC(=O)c2ccccc2)C1. The summed E-state index contributed by atoms with van der Waals surface area (Å²) in [5.74, 6) is -0.584. The molecule has 0 bridgehead atoms. The Balaban J connectivity index is 1.70. The van der Waals surface area contributed by atoms with Crippen molar-refractivity contribution in [2.75, 3.05) is 26.2 Å². The summed E-state index contributed by atoms with van der Waals surface area (Å²) in [6.07, 6.45) is 1.22. The summed E-state index contributed by atoms with van der Waals surface area (Å²) in [6.45, 7) is 6.84.